The first-order chi connectivity index (χ1) is 10.8. The Balaban J connectivity index is 2.32. The van der Waals surface area contributed by atoms with E-state index in [1.165, 1.54) is 0 Å². The molecule has 3 N–H and O–H groups in total. The van der Waals surface area contributed by atoms with E-state index in [9.17, 15) is 14.4 Å². The van der Waals surface area contributed by atoms with E-state index in [0.29, 0.717) is 18.0 Å². The second-order valence-electron chi connectivity index (χ2n) is 5.13. The molecule has 8 nitrogen and oxygen atoms in total. The Morgan fingerprint density at radius 2 is 2.00 bits per heavy atom. The molecular formula is C14H21N3O5S. The third-order valence-corrected chi connectivity index (χ3v) is 4.09. The average Bonchev–Trinajstić information content (AvgIpc) is 2.88. The van der Waals surface area contributed by atoms with Crippen molar-refractivity contribution < 1.29 is 24.0 Å². The van der Waals surface area contributed by atoms with Crippen LogP contribution in [0.1, 0.15) is 26.0 Å². The summed E-state index contributed by atoms with van der Waals surface area (Å²) in [5.74, 6) is -0.985. The molecule has 2 amide bonds. The number of carboxylic acid groups (broad SMARTS) is 1. The normalized spacial score (nSPS) is 13.2. The molecule has 2 unspecified atom stereocenters. The Morgan fingerprint density at radius 1 is 1.35 bits per heavy atom. The molecule has 0 aromatic carbocycles. The summed E-state index contributed by atoms with van der Waals surface area (Å²) in [6.45, 7) is 5.33. The molecule has 1 aromatic rings. The highest BCUT2D eigenvalue weighted by Gasteiger charge is 2.25. The highest BCUT2D eigenvalue weighted by atomic mass is 32.2. The van der Waals surface area contributed by atoms with Crippen LogP contribution in [0.3, 0.4) is 0 Å². The number of aromatic nitrogens is 1. The van der Waals surface area contributed by atoms with Gasteiger partial charge >= 0.3 is 5.97 Å². The van der Waals surface area contributed by atoms with Crippen LogP contribution in [0.5, 0.6) is 0 Å². The van der Waals surface area contributed by atoms with E-state index in [1.807, 2.05) is 6.92 Å². The van der Waals surface area contributed by atoms with Gasteiger partial charge in [-0.3, -0.25) is 9.59 Å². The Labute approximate surface area is 138 Å². The summed E-state index contributed by atoms with van der Waals surface area (Å²) in [4.78, 5) is 34.5. The van der Waals surface area contributed by atoms with E-state index in [4.69, 9.17) is 9.63 Å². The van der Waals surface area contributed by atoms with Crippen molar-refractivity contribution in [2.45, 2.75) is 33.2 Å². The minimum Gasteiger partial charge on any atom is -0.480 e. The van der Waals surface area contributed by atoms with Crippen LogP contribution in [0.25, 0.3) is 0 Å². The first kappa shape index (κ1) is 19.0. The van der Waals surface area contributed by atoms with Crippen molar-refractivity contribution in [2.75, 3.05) is 16.8 Å². The third kappa shape index (κ3) is 6.72. The first-order valence-corrected chi connectivity index (χ1v) is 8.32. The quantitative estimate of drug-likeness (QED) is 0.617. The maximum absolute atomic E-state index is 11.8. The number of amides is 2. The fourth-order valence-electron chi connectivity index (χ4n) is 1.74. The smallest absolute Gasteiger partial charge is 0.326 e. The Kier molecular flexibility index (Phi) is 7.60. The molecule has 1 rings (SSSR count). The van der Waals surface area contributed by atoms with Gasteiger partial charge in [-0.2, -0.15) is 0 Å². The average molecular weight is 343 g/mol. The number of hydrogen-bond donors (Lipinski definition) is 3. The van der Waals surface area contributed by atoms with Crippen LogP contribution < -0.4 is 10.6 Å². The number of carboxylic acids is 1. The van der Waals surface area contributed by atoms with Gasteiger partial charge in [-0.15, -0.1) is 11.8 Å². The molecule has 23 heavy (non-hydrogen) atoms. The number of carbonyl (C=O) groups excluding carboxylic acids is 2. The molecule has 9 heteroatoms. The molecular weight excluding hydrogens is 322 g/mol. The molecule has 0 saturated carbocycles. The zero-order valence-electron chi connectivity index (χ0n) is 13.3. The molecule has 1 aromatic heterocycles. The number of nitrogens with zero attached hydrogens (tertiary/aromatic N) is 1. The minimum absolute atomic E-state index is 0.00543. The van der Waals surface area contributed by atoms with E-state index in [0.717, 1.165) is 11.8 Å². The van der Waals surface area contributed by atoms with Crippen molar-refractivity contribution in [3.8, 4) is 0 Å². The van der Waals surface area contributed by atoms with Gasteiger partial charge in [-0.05, 0) is 12.8 Å². The SMILES string of the molecule is CCC(C)C(NC(=O)CSCC(=O)Nc1cc(C)on1)C(=O)O. The van der Waals surface area contributed by atoms with Gasteiger partial charge in [0, 0.05) is 6.07 Å². The lowest BCUT2D eigenvalue weighted by atomic mass is 9.99. The molecule has 0 aliphatic heterocycles. The van der Waals surface area contributed by atoms with Gasteiger partial charge in [-0.25, -0.2) is 4.79 Å². The number of aryl methyl sites for hydroxylation is 1. The van der Waals surface area contributed by atoms with Gasteiger partial charge in [0.2, 0.25) is 11.8 Å². The molecule has 0 bridgehead atoms. The molecule has 1 heterocycles. The van der Waals surface area contributed by atoms with E-state index >= 15 is 0 Å². The zero-order valence-corrected chi connectivity index (χ0v) is 14.1. The van der Waals surface area contributed by atoms with Gasteiger partial charge in [0.1, 0.15) is 11.8 Å². The van der Waals surface area contributed by atoms with Crippen molar-refractivity contribution in [2.24, 2.45) is 5.92 Å². The van der Waals surface area contributed by atoms with Crippen molar-refractivity contribution in [1.29, 1.82) is 0 Å². The van der Waals surface area contributed by atoms with Crippen molar-refractivity contribution in [3.63, 3.8) is 0 Å². The van der Waals surface area contributed by atoms with Crippen LogP contribution in [-0.2, 0) is 14.4 Å². The largest absolute Gasteiger partial charge is 0.480 e. The number of thioether (sulfide) groups is 1. The second-order valence-corrected chi connectivity index (χ2v) is 6.12. The van der Waals surface area contributed by atoms with Crippen LogP contribution in [0.15, 0.2) is 10.6 Å². The van der Waals surface area contributed by atoms with Crippen LogP contribution in [-0.4, -0.2) is 45.6 Å². The third-order valence-electron chi connectivity index (χ3n) is 3.16. The van der Waals surface area contributed by atoms with E-state index in [1.54, 1.807) is 19.9 Å². The van der Waals surface area contributed by atoms with Gasteiger partial charge in [0.25, 0.3) is 0 Å². The fraction of sp³-hybridized carbons (Fsp3) is 0.571. The first-order valence-electron chi connectivity index (χ1n) is 7.16. The topological polar surface area (TPSA) is 122 Å². The summed E-state index contributed by atoms with van der Waals surface area (Å²) in [6.07, 6.45) is 0.643. The highest BCUT2D eigenvalue weighted by molar-refractivity contribution is 8.00. The number of anilines is 1. The fourth-order valence-corrected chi connectivity index (χ4v) is 2.37. The Hall–Kier alpha value is -2.03. The maximum Gasteiger partial charge on any atom is 0.326 e. The number of hydrogen-bond acceptors (Lipinski definition) is 6. The van der Waals surface area contributed by atoms with Crippen LogP contribution in [0.2, 0.25) is 0 Å². The summed E-state index contributed by atoms with van der Waals surface area (Å²) in [7, 11) is 0. The van der Waals surface area contributed by atoms with Crippen molar-refractivity contribution in [1.82, 2.24) is 10.5 Å². The van der Waals surface area contributed by atoms with E-state index < -0.39 is 17.9 Å². The number of carbonyl (C=O) groups is 3. The van der Waals surface area contributed by atoms with E-state index in [-0.39, 0.29) is 23.3 Å². The predicted molar refractivity (Wildman–Crippen MR) is 86.2 cm³/mol. The van der Waals surface area contributed by atoms with Gasteiger partial charge in [0.05, 0.1) is 11.5 Å². The zero-order chi connectivity index (χ0) is 17.4. The monoisotopic (exact) mass is 343 g/mol. The van der Waals surface area contributed by atoms with Crippen molar-refractivity contribution >= 4 is 35.4 Å². The number of rotatable bonds is 9. The van der Waals surface area contributed by atoms with Gasteiger partial charge in [0.15, 0.2) is 5.82 Å². The van der Waals surface area contributed by atoms with Crippen molar-refractivity contribution in [3.05, 3.63) is 11.8 Å². The second kappa shape index (κ2) is 9.19. The standard InChI is InChI=1S/C14H21N3O5S/c1-4-8(2)13(14(20)21)16-12(19)7-23-6-11(18)15-10-5-9(3)22-17-10/h5,8,13H,4,6-7H2,1-3H3,(H,16,19)(H,20,21)(H,15,17,18). The Morgan fingerprint density at radius 3 is 2.52 bits per heavy atom. The molecule has 0 radical (unpaired) electrons. The van der Waals surface area contributed by atoms with E-state index in [2.05, 4.69) is 15.8 Å². The van der Waals surface area contributed by atoms with Crippen LogP contribution in [0.4, 0.5) is 5.82 Å². The highest BCUT2D eigenvalue weighted by Crippen LogP contribution is 2.10. The molecule has 0 fully saturated rings. The number of nitrogens with one attached hydrogen (secondary N) is 2. The van der Waals surface area contributed by atoms with Crippen LogP contribution in [0, 0.1) is 12.8 Å². The lowest BCUT2D eigenvalue weighted by molar-refractivity contribution is -0.143. The van der Waals surface area contributed by atoms with Gasteiger partial charge < -0.3 is 20.3 Å². The maximum atomic E-state index is 11.8. The predicted octanol–water partition coefficient (Wildman–Crippen LogP) is 1.27. The molecule has 0 saturated heterocycles. The van der Waals surface area contributed by atoms with Gasteiger partial charge in [-0.1, -0.05) is 25.4 Å². The minimum atomic E-state index is -1.06. The summed E-state index contributed by atoms with van der Waals surface area (Å²) in [5.41, 5.74) is 0. The lowest BCUT2D eigenvalue weighted by Crippen LogP contribution is -2.45. The lowest BCUT2D eigenvalue weighted by Gasteiger charge is -2.19. The molecule has 2 atom stereocenters. The summed E-state index contributed by atoms with van der Waals surface area (Å²) < 4.78 is 4.82. The molecule has 0 aliphatic rings. The Bertz CT molecular complexity index is 560. The summed E-state index contributed by atoms with van der Waals surface area (Å²) in [5, 5.41) is 17.7. The molecule has 0 spiro atoms. The summed E-state index contributed by atoms with van der Waals surface area (Å²) >= 11 is 1.09. The van der Waals surface area contributed by atoms with Crippen LogP contribution >= 0.6 is 11.8 Å². The molecule has 0 aliphatic carbocycles. The number of aliphatic carboxylic acids is 1. The summed E-state index contributed by atoms with van der Waals surface area (Å²) in [6, 6.07) is 0.666. The molecule has 128 valence electrons.